The maximum Gasteiger partial charge on any atom is 0.343 e. The van der Waals surface area contributed by atoms with E-state index in [1.807, 2.05) is 43.3 Å². The number of esters is 2. The van der Waals surface area contributed by atoms with Crippen molar-refractivity contribution in [1.82, 2.24) is 0 Å². The minimum absolute atomic E-state index is 0.0817. The molecule has 0 saturated carbocycles. The zero-order valence-corrected chi connectivity index (χ0v) is 29.7. The van der Waals surface area contributed by atoms with Gasteiger partial charge in [0.1, 0.15) is 11.5 Å². The Morgan fingerprint density at radius 3 is 1.92 bits per heavy atom. The lowest BCUT2D eigenvalue weighted by atomic mass is 10.0. The van der Waals surface area contributed by atoms with Crippen molar-refractivity contribution in [2.24, 2.45) is 0 Å². The third kappa shape index (κ3) is 14.8. The van der Waals surface area contributed by atoms with E-state index in [1.54, 1.807) is 12.1 Å². The summed E-state index contributed by atoms with van der Waals surface area (Å²) < 4.78 is 22.2. The summed E-state index contributed by atoms with van der Waals surface area (Å²) in [6, 6.07) is 19.1. The van der Waals surface area contributed by atoms with Gasteiger partial charge in [0.15, 0.2) is 5.75 Å². The van der Waals surface area contributed by atoms with Crippen molar-refractivity contribution in [3.05, 3.63) is 95.1 Å². The summed E-state index contributed by atoms with van der Waals surface area (Å²) in [6.07, 6.45) is 16.4. The van der Waals surface area contributed by atoms with Gasteiger partial charge in [0, 0.05) is 6.08 Å². The molecule has 0 aliphatic carbocycles. The molecule has 0 saturated heterocycles. The minimum Gasteiger partial charge on any atom is -0.494 e. The van der Waals surface area contributed by atoms with E-state index in [1.165, 1.54) is 56.4 Å². The van der Waals surface area contributed by atoms with Gasteiger partial charge >= 0.3 is 17.6 Å². The molecule has 0 aromatic heterocycles. The molecule has 0 amide bonds. The minimum atomic E-state index is -0.603. The smallest absolute Gasteiger partial charge is 0.343 e. The Balaban J connectivity index is 1.36. The average molecular weight is 688 g/mol. The second-order valence-electron chi connectivity index (χ2n) is 12.6. The fourth-order valence-corrected chi connectivity index (χ4v) is 5.51. The summed E-state index contributed by atoms with van der Waals surface area (Å²) in [6.45, 7) is 8.60. The molecule has 3 aromatic rings. The second kappa shape index (κ2) is 22.9. The summed E-state index contributed by atoms with van der Waals surface area (Å²) in [5, 5.41) is 11.7. The first-order valence-electron chi connectivity index (χ1n) is 18.1. The topological polar surface area (TPSA) is 114 Å². The summed E-state index contributed by atoms with van der Waals surface area (Å²) >= 11 is 0. The fourth-order valence-electron chi connectivity index (χ4n) is 5.51. The fraction of sp³-hybridized carbons (Fsp3) is 0.463. The lowest BCUT2D eigenvalue weighted by molar-refractivity contribution is -0.386. The molecular formula is C41H53NO8. The van der Waals surface area contributed by atoms with Crippen LogP contribution in [0.5, 0.6) is 17.2 Å². The van der Waals surface area contributed by atoms with Crippen LogP contribution in [0.4, 0.5) is 5.69 Å². The quantitative estimate of drug-likeness (QED) is 0.0216. The van der Waals surface area contributed by atoms with Gasteiger partial charge in [-0.15, -0.1) is 0 Å². The number of nitrogens with zero attached hydrogens (tertiary/aromatic N) is 1. The first kappa shape index (κ1) is 39.8. The highest BCUT2D eigenvalue weighted by molar-refractivity contribution is 5.91. The number of nitro benzene ring substituents is 1. The molecule has 270 valence electrons. The normalized spacial score (nSPS) is 11.4. The van der Waals surface area contributed by atoms with Crippen LogP contribution in [0.3, 0.4) is 0 Å². The highest BCUT2D eigenvalue weighted by atomic mass is 16.6. The summed E-state index contributed by atoms with van der Waals surface area (Å²) in [5.41, 5.74) is 2.02. The molecule has 0 fully saturated rings. The molecular weight excluding hydrogens is 634 g/mol. The number of hydrogen-bond donors (Lipinski definition) is 0. The number of rotatable bonds is 25. The third-order valence-electron chi connectivity index (χ3n) is 8.41. The zero-order chi connectivity index (χ0) is 36.0. The Hall–Kier alpha value is -4.66. The molecule has 0 unspecified atom stereocenters. The lowest BCUT2D eigenvalue weighted by Gasteiger charge is -2.15. The highest BCUT2D eigenvalue weighted by Gasteiger charge is 2.20. The van der Waals surface area contributed by atoms with Gasteiger partial charge in [-0.2, -0.15) is 0 Å². The summed E-state index contributed by atoms with van der Waals surface area (Å²) in [5.74, 6) is 0.112. The molecule has 0 heterocycles. The molecule has 0 spiro atoms. The Labute approximate surface area is 297 Å². The van der Waals surface area contributed by atoms with E-state index >= 15 is 0 Å². The van der Waals surface area contributed by atoms with Gasteiger partial charge in [-0.05, 0) is 80.1 Å². The van der Waals surface area contributed by atoms with Crippen molar-refractivity contribution in [2.45, 2.75) is 110 Å². The van der Waals surface area contributed by atoms with E-state index in [2.05, 4.69) is 13.5 Å². The summed E-state index contributed by atoms with van der Waals surface area (Å²) in [7, 11) is 0. The zero-order valence-electron chi connectivity index (χ0n) is 29.7. The third-order valence-corrected chi connectivity index (χ3v) is 8.41. The number of benzene rings is 3. The number of ether oxygens (including phenoxy) is 4. The first-order chi connectivity index (χ1) is 24.3. The van der Waals surface area contributed by atoms with Crippen molar-refractivity contribution in [1.29, 1.82) is 0 Å². The maximum atomic E-state index is 12.8. The van der Waals surface area contributed by atoms with Gasteiger partial charge < -0.3 is 18.9 Å². The van der Waals surface area contributed by atoms with Crippen molar-refractivity contribution >= 4 is 17.6 Å². The molecule has 0 aliphatic heterocycles. The van der Waals surface area contributed by atoms with E-state index in [-0.39, 0.29) is 29.3 Å². The standard InChI is InChI=1S/C41H53NO8/c1-4-6-7-15-18-32(3)49-39-28-27-37(31-38(39)42(45)46)50-41(44)35-21-19-33(20-22-35)34-23-25-36(26-24-34)47-29-16-13-11-9-8-10-12-14-17-30-48-40(43)5-2/h5,19-28,31-32H,2,4,6-18,29-30H2,1,3H3/t32-/m1/s1. The van der Waals surface area contributed by atoms with Crippen molar-refractivity contribution in [2.75, 3.05) is 13.2 Å². The van der Waals surface area contributed by atoms with Gasteiger partial charge in [0.25, 0.3) is 0 Å². The molecule has 0 bridgehead atoms. The predicted octanol–water partition coefficient (Wildman–Crippen LogP) is 10.8. The molecule has 0 aliphatic rings. The maximum absolute atomic E-state index is 12.8. The predicted molar refractivity (Wildman–Crippen MR) is 197 cm³/mol. The van der Waals surface area contributed by atoms with Crippen LogP contribution in [-0.4, -0.2) is 36.2 Å². The van der Waals surface area contributed by atoms with Crippen molar-refractivity contribution in [3.63, 3.8) is 0 Å². The highest BCUT2D eigenvalue weighted by Crippen LogP contribution is 2.33. The Morgan fingerprint density at radius 2 is 1.32 bits per heavy atom. The summed E-state index contributed by atoms with van der Waals surface area (Å²) in [4.78, 5) is 35.1. The van der Waals surface area contributed by atoms with Crippen LogP contribution >= 0.6 is 0 Å². The van der Waals surface area contributed by atoms with Gasteiger partial charge in [-0.3, -0.25) is 10.1 Å². The number of hydrogen-bond acceptors (Lipinski definition) is 8. The molecule has 50 heavy (non-hydrogen) atoms. The van der Waals surface area contributed by atoms with Gasteiger partial charge in [0.2, 0.25) is 0 Å². The number of unbranched alkanes of at least 4 members (excludes halogenated alkanes) is 11. The number of carbonyl (C=O) groups is 2. The molecule has 0 radical (unpaired) electrons. The lowest BCUT2D eigenvalue weighted by Crippen LogP contribution is -2.13. The van der Waals surface area contributed by atoms with Crippen LogP contribution in [0.25, 0.3) is 11.1 Å². The van der Waals surface area contributed by atoms with E-state index in [4.69, 9.17) is 18.9 Å². The second-order valence-corrected chi connectivity index (χ2v) is 12.6. The van der Waals surface area contributed by atoms with E-state index in [0.29, 0.717) is 18.8 Å². The largest absolute Gasteiger partial charge is 0.494 e. The van der Waals surface area contributed by atoms with Crippen molar-refractivity contribution in [3.8, 4) is 28.4 Å². The van der Waals surface area contributed by atoms with Crippen LogP contribution in [-0.2, 0) is 9.53 Å². The van der Waals surface area contributed by atoms with Gasteiger partial charge in [-0.1, -0.05) is 102 Å². The molecule has 9 heteroatoms. The van der Waals surface area contributed by atoms with E-state index < -0.39 is 10.9 Å². The monoisotopic (exact) mass is 687 g/mol. The number of nitro groups is 1. The van der Waals surface area contributed by atoms with Gasteiger partial charge in [-0.25, -0.2) is 9.59 Å². The first-order valence-corrected chi connectivity index (χ1v) is 18.1. The van der Waals surface area contributed by atoms with E-state index in [0.717, 1.165) is 74.7 Å². The van der Waals surface area contributed by atoms with Gasteiger partial charge in [0.05, 0.1) is 35.9 Å². The Bertz CT molecular complexity index is 1470. The Morgan fingerprint density at radius 1 is 0.760 bits per heavy atom. The molecule has 9 nitrogen and oxygen atoms in total. The van der Waals surface area contributed by atoms with Crippen LogP contribution in [0.2, 0.25) is 0 Å². The molecule has 3 rings (SSSR count). The SMILES string of the molecule is C=CC(=O)OCCCCCCCCCCCOc1ccc(-c2ccc(C(=O)Oc3ccc(O[C@H](C)CCCCCC)c([N+](=O)[O-])c3)cc2)cc1. The molecule has 3 aromatic carbocycles. The van der Waals surface area contributed by atoms with Crippen molar-refractivity contribution < 1.29 is 33.5 Å². The average Bonchev–Trinajstić information content (AvgIpc) is 3.12. The molecule has 0 N–H and O–H groups in total. The van der Waals surface area contributed by atoms with Crippen LogP contribution in [0, 0.1) is 10.1 Å². The van der Waals surface area contributed by atoms with E-state index in [9.17, 15) is 19.7 Å². The number of carbonyl (C=O) groups excluding carboxylic acids is 2. The Kier molecular flexibility index (Phi) is 18.2. The van der Waals surface area contributed by atoms with Crippen LogP contribution in [0.15, 0.2) is 79.4 Å². The molecule has 1 atom stereocenters. The van der Waals surface area contributed by atoms with Crippen LogP contribution < -0.4 is 14.2 Å². The van der Waals surface area contributed by atoms with Crippen LogP contribution in [0.1, 0.15) is 114 Å².